The normalized spacial score (nSPS) is 19.0. The van der Waals surface area contributed by atoms with Crippen LogP contribution in [-0.4, -0.2) is 19.1 Å². The second-order valence-corrected chi connectivity index (χ2v) is 4.23. The molecule has 1 aromatic carbocycles. The molecule has 1 aliphatic rings. The fraction of sp³-hybridized carbons (Fsp3) is 0.455. The van der Waals surface area contributed by atoms with Crippen molar-refractivity contribution in [3.05, 3.63) is 34.9 Å². The Bertz CT molecular complexity index is 310. The molecule has 0 amide bonds. The van der Waals surface area contributed by atoms with Crippen molar-refractivity contribution >= 4 is 11.6 Å². The van der Waals surface area contributed by atoms with E-state index in [9.17, 15) is 0 Å². The van der Waals surface area contributed by atoms with Crippen LogP contribution in [0.5, 0.6) is 0 Å². The molecule has 76 valence electrons. The van der Waals surface area contributed by atoms with Crippen molar-refractivity contribution in [2.45, 2.75) is 19.0 Å². The summed E-state index contributed by atoms with van der Waals surface area (Å²) in [4.78, 5) is 0. The summed E-state index contributed by atoms with van der Waals surface area (Å²) in [5.74, 6) is 0. The van der Waals surface area contributed by atoms with Crippen molar-refractivity contribution in [3.63, 3.8) is 0 Å². The van der Waals surface area contributed by atoms with E-state index in [1.54, 1.807) is 0 Å². The average Bonchev–Trinajstić information content (AvgIpc) is 2.11. The van der Waals surface area contributed by atoms with Gasteiger partial charge in [-0.2, -0.15) is 0 Å². The average molecular weight is 211 g/mol. The Labute approximate surface area is 89.7 Å². The maximum atomic E-state index is 5.93. The van der Waals surface area contributed by atoms with Crippen LogP contribution in [0.2, 0.25) is 5.02 Å². The Morgan fingerprint density at radius 2 is 2.29 bits per heavy atom. The zero-order chi connectivity index (χ0) is 9.97. The van der Waals surface area contributed by atoms with Gasteiger partial charge in [0.1, 0.15) is 0 Å². The predicted molar refractivity (Wildman–Crippen MR) is 59.7 cm³/mol. The highest BCUT2D eigenvalue weighted by Gasteiger charge is 2.18. The van der Waals surface area contributed by atoms with E-state index in [1.165, 1.54) is 5.56 Å². The number of hydrogen-bond donors (Lipinski definition) is 2. The lowest BCUT2D eigenvalue weighted by Crippen LogP contribution is -2.55. The number of benzene rings is 1. The summed E-state index contributed by atoms with van der Waals surface area (Å²) in [7, 11) is 0. The molecule has 2 N–H and O–H groups in total. The summed E-state index contributed by atoms with van der Waals surface area (Å²) in [5.41, 5.74) is 1.25. The van der Waals surface area contributed by atoms with Crippen LogP contribution < -0.4 is 10.6 Å². The summed E-state index contributed by atoms with van der Waals surface area (Å²) in [5, 5.41) is 7.59. The molecule has 0 spiro atoms. The maximum absolute atomic E-state index is 5.93. The highest BCUT2D eigenvalue weighted by Crippen LogP contribution is 2.18. The Morgan fingerprint density at radius 1 is 1.50 bits per heavy atom. The predicted octanol–water partition coefficient (Wildman–Crippen LogP) is 1.96. The van der Waals surface area contributed by atoms with Gasteiger partial charge in [0.2, 0.25) is 0 Å². The van der Waals surface area contributed by atoms with Crippen molar-refractivity contribution in [2.75, 3.05) is 13.1 Å². The molecule has 2 rings (SSSR count). The van der Waals surface area contributed by atoms with Gasteiger partial charge in [0.05, 0.1) is 0 Å². The van der Waals surface area contributed by atoms with E-state index < -0.39 is 0 Å². The van der Waals surface area contributed by atoms with Crippen molar-refractivity contribution in [2.24, 2.45) is 0 Å². The molecule has 3 heteroatoms. The quantitative estimate of drug-likeness (QED) is 0.797. The third kappa shape index (κ3) is 2.27. The minimum Gasteiger partial charge on any atom is -0.314 e. The molecule has 1 fully saturated rings. The molecule has 1 heterocycles. The second-order valence-electron chi connectivity index (χ2n) is 3.80. The van der Waals surface area contributed by atoms with E-state index in [2.05, 4.69) is 23.6 Å². The van der Waals surface area contributed by atoms with Gasteiger partial charge in [-0.05, 0) is 24.6 Å². The molecule has 1 aliphatic heterocycles. The first-order valence-corrected chi connectivity index (χ1v) is 5.36. The molecular formula is C11H15ClN2. The summed E-state index contributed by atoms with van der Waals surface area (Å²) in [6.07, 6.45) is 0. The summed E-state index contributed by atoms with van der Waals surface area (Å²) in [6, 6.07) is 9.02. The van der Waals surface area contributed by atoms with E-state index in [0.29, 0.717) is 12.1 Å². The Kier molecular flexibility index (Phi) is 3.06. The zero-order valence-electron chi connectivity index (χ0n) is 8.26. The second kappa shape index (κ2) is 4.30. The van der Waals surface area contributed by atoms with E-state index in [1.807, 2.05) is 18.2 Å². The maximum Gasteiger partial charge on any atom is 0.0409 e. The summed E-state index contributed by atoms with van der Waals surface area (Å²) < 4.78 is 0. The lowest BCUT2D eigenvalue weighted by Gasteiger charge is -2.31. The van der Waals surface area contributed by atoms with Crippen molar-refractivity contribution in [3.8, 4) is 0 Å². The molecule has 1 unspecified atom stereocenters. The molecule has 2 nitrogen and oxygen atoms in total. The van der Waals surface area contributed by atoms with Crippen LogP contribution in [0.25, 0.3) is 0 Å². The van der Waals surface area contributed by atoms with Crippen LogP contribution in [0, 0.1) is 0 Å². The monoisotopic (exact) mass is 210 g/mol. The SMILES string of the molecule is CC(NC1CNC1)c1cccc(Cl)c1. The van der Waals surface area contributed by atoms with E-state index in [-0.39, 0.29) is 0 Å². The minimum atomic E-state index is 0.376. The van der Waals surface area contributed by atoms with Gasteiger partial charge in [0, 0.05) is 30.2 Å². The van der Waals surface area contributed by atoms with Gasteiger partial charge < -0.3 is 10.6 Å². The van der Waals surface area contributed by atoms with Crippen LogP contribution in [0.1, 0.15) is 18.5 Å². The van der Waals surface area contributed by atoms with Gasteiger partial charge in [-0.1, -0.05) is 23.7 Å². The first-order chi connectivity index (χ1) is 6.75. The number of halogens is 1. The molecule has 0 aliphatic carbocycles. The molecule has 0 aromatic heterocycles. The molecule has 0 saturated carbocycles. The molecule has 0 radical (unpaired) electrons. The van der Waals surface area contributed by atoms with Gasteiger partial charge >= 0.3 is 0 Å². The Balaban J connectivity index is 1.98. The van der Waals surface area contributed by atoms with Crippen LogP contribution in [0.15, 0.2) is 24.3 Å². The first kappa shape index (κ1) is 9.97. The highest BCUT2D eigenvalue weighted by atomic mass is 35.5. The molecular weight excluding hydrogens is 196 g/mol. The molecule has 1 aromatic rings. The first-order valence-electron chi connectivity index (χ1n) is 4.98. The standard InChI is InChI=1S/C11H15ClN2/c1-8(14-11-6-13-7-11)9-3-2-4-10(12)5-9/h2-5,8,11,13-14H,6-7H2,1H3. The molecule has 0 bridgehead atoms. The summed E-state index contributed by atoms with van der Waals surface area (Å²) >= 11 is 5.93. The topological polar surface area (TPSA) is 24.1 Å². The van der Waals surface area contributed by atoms with Gasteiger partial charge in [0.15, 0.2) is 0 Å². The smallest absolute Gasteiger partial charge is 0.0409 e. The van der Waals surface area contributed by atoms with Gasteiger partial charge in [-0.15, -0.1) is 0 Å². The number of nitrogens with one attached hydrogen (secondary N) is 2. The highest BCUT2D eigenvalue weighted by molar-refractivity contribution is 6.30. The zero-order valence-corrected chi connectivity index (χ0v) is 9.01. The van der Waals surface area contributed by atoms with Crippen molar-refractivity contribution < 1.29 is 0 Å². The van der Waals surface area contributed by atoms with Gasteiger partial charge in [0.25, 0.3) is 0 Å². The number of hydrogen-bond acceptors (Lipinski definition) is 2. The fourth-order valence-corrected chi connectivity index (χ4v) is 1.83. The van der Waals surface area contributed by atoms with Gasteiger partial charge in [-0.25, -0.2) is 0 Å². The molecule has 1 saturated heterocycles. The Hall–Kier alpha value is -0.570. The Morgan fingerprint density at radius 3 is 2.86 bits per heavy atom. The van der Waals surface area contributed by atoms with E-state index in [4.69, 9.17) is 11.6 Å². The van der Waals surface area contributed by atoms with E-state index >= 15 is 0 Å². The van der Waals surface area contributed by atoms with Crippen LogP contribution in [0.3, 0.4) is 0 Å². The van der Waals surface area contributed by atoms with Crippen LogP contribution in [-0.2, 0) is 0 Å². The summed E-state index contributed by atoms with van der Waals surface area (Å²) in [6.45, 7) is 4.32. The molecule has 1 atom stereocenters. The van der Waals surface area contributed by atoms with Crippen LogP contribution >= 0.6 is 11.6 Å². The van der Waals surface area contributed by atoms with Crippen molar-refractivity contribution in [1.82, 2.24) is 10.6 Å². The third-order valence-electron chi connectivity index (χ3n) is 2.62. The van der Waals surface area contributed by atoms with Crippen LogP contribution in [0.4, 0.5) is 0 Å². The molecule has 14 heavy (non-hydrogen) atoms. The number of rotatable bonds is 3. The largest absolute Gasteiger partial charge is 0.314 e. The lowest BCUT2D eigenvalue weighted by atomic mass is 10.1. The van der Waals surface area contributed by atoms with Gasteiger partial charge in [-0.3, -0.25) is 0 Å². The minimum absolute atomic E-state index is 0.376. The van der Waals surface area contributed by atoms with E-state index in [0.717, 1.165) is 18.1 Å². The third-order valence-corrected chi connectivity index (χ3v) is 2.85. The fourth-order valence-electron chi connectivity index (χ4n) is 1.63. The lowest BCUT2D eigenvalue weighted by molar-refractivity contribution is 0.338. The van der Waals surface area contributed by atoms with Crippen molar-refractivity contribution in [1.29, 1.82) is 0 Å².